The normalized spacial score (nSPS) is 21.6. The van der Waals surface area contributed by atoms with Gasteiger partial charge in [-0.05, 0) is 31.4 Å². The molecule has 0 spiro atoms. The number of rotatable bonds is 5. The molecule has 0 aromatic carbocycles. The molecule has 2 aliphatic rings. The van der Waals surface area contributed by atoms with E-state index in [9.17, 15) is 18.3 Å². The lowest BCUT2D eigenvalue weighted by atomic mass is 10.1. The lowest BCUT2D eigenvalue weighted by molar-refractivity contribution is 0.0692. The number of hydrogen-bond donors (Lipinski definition) is 2. The van der Waals surface area contributed by atoms with Crippen LogP contribution in [0.25, 0.3) is 0 Å². The summed E-state index contributed by atoms with van der Waals surface area (Å²) in [6.07, 6.45) is 2.19. The molecule has 0 aliphatic carbocycles. The Morgan fingerprint density at radius 2 is 2.30 bits per heavy atom. The van der Waals surface area contributed by atoms with Crippen molar-refractivity contribution in [3.8, 4) is 0 Å². The first-order valence-corrected chi connectivity index (χ1v) is 9.83. The number of fused-ring (bicyclic) bond motifs is 1. The van der Waals surface area contributed by atoms with Gasteiger partial charge in [-0.1, -0.05) is 0 Å². The Hall–Kier alpha value is -1.00. The van der Waals surface area contributed by atoms with Gasteiger partial charge in [-0.25, -0.2) is 13.2 Å². The Morgan fingerprint density at radius 1 is 1.52 bits per heavy atom. The molecule has 128 valence electrons. The quantitative estimate of drug-likeness (QED) is 0.810. The van der Waals surface area contributed by atoms with Crippen molar-refractivity contribution in [2.45, 2.75) is 36.1 Å². The average Bonchev–Trinajstić information content (AvgIpc) is 3.13. The maximum Gasteiger partial charge on any atom is 0.338 e. The molecule has 23 heavy (non-hydrogen) atoms. The van der Waals surface area contributed by atoms with E-state index in [0.717, 1.165) is 29.1 Å². The van der Waals surface area contributed by atoms with Crippen LogP contribution in [0.2, 0.25) is 0 Å². The highest BCUT2D eigenvalue weighted by atomic mass is 32.2. The zero-order valence-electron chi connectivity index (χ0n) is 12.9. The second-order valence-electron chi connectivity index (χ2n) is 5.82. The van der Waals surface area contributed by atoms with Gasteiger partial charge in [-0.2, -0.15) is 4.31 Å². The molecule has 0 radical (unpaired) electrons. The Labute approximate surface area is 139 Å². The Balaban J connectivity index is 1.95. The van der Waals surface area contributed by atoms with Crippen LogP contribution in [-0.4, -0.2) is 56.6 Å². The first-order chi connectivity index (χ1) is 10.9. The van der Waals surface area contributed by atoms with Crippen molar-refractivity contribution in [1.82, 2.24) is 9.62 Å². The van der Waals surface area contributed by atoms with Crippen molar-refractivity contribution >= 4 is 27.3 Å². The predicted molar refractivity (Wildman–Crippen MR) is 85.5 cm³/mol. The topological polar surface area (TPSA) is 95.9 Å². The van der Waals surface area contributed by atoms with Gasteiger partial charge < -0.3 is 15.2 Å². The van der Waals surface area contributed by atoms with Gasteiger partial charge in [-0.15, -0.1) is 11.3 Å². The number of carboxylic acid groups (broad SMARTS) is 1. The summed E-state index contributed by atoms with van der Waals surface area (Å²) >= 11 is 1.07. The van der Waals surface area contributed by atoms with Crippen molar-refractivity contribution < 1.29 is 23.1 Å². The second-order valence-corrected chi connectivity index (χ2v) is 9.16. The van der Waals surface area contributed by atoms with Crippen LogP contribution >= 0.6 is 11.3 Å². The Kier molecular flexibility index (Phi) is 4.75. The number of nitrogens with one attached hydrogen (secondary N) is 1. The number of likely N-dealkylation sites (N-methyl/N-ethyl adjacent to an activating group) is 1. The van der Waals surface area contributed by atoms with E-state index < -0.39 is 16.0 Å². The minimum atomic E-state index is -3.83. The largest absolute Gasteiger partial charge is 0.478 e. The smallest absolute Gasteiger partial charge is 0.338 e. The number of ether oxygens (including phenoxy) is 1. The summed E-state index contributed by atoms with van der Waals surface area (Å²) in [5.41, 5.74) is 0.607. The van der Waals surface area contributed by atoms with Gasteiger partial charge in [0.1, 0.15) is 4.21 Å². The maximum atomic E-state index is 12.9. The van der Waals surface area contributed by atoms with Crippen LogP contribution in [0.3, 0.4) is 0 Å². The zero-order valence-corrected chi connectivity index (χ0v) is 14.5. The van der Waals surface area contributed by atoms with E-state index in [1.165, 1.54) is 11.4 Å². The Morgan fingerprint density at radius 3 is 2.96 bits per heavy atom. The van der Waals surface area contributed by atoms with Crippen LogP contribution in [0, 0.1) is 0 Å². The van der Waals surface area contributed by atoms with E-state index >= 15 is 0 Å². The fourth-order valence-electron chi connectivity index (χ4n) is 3.02. The number of carbonyl (C=O) groups is 1. The summed E-state index contributed by atoms with van der Waals surface area (Å²) in [5.74, 6) is -1.17. The number of thiophene rings is 1. The Bertz CT molecular complexity index is 707. The van der Waals surface area contributed by atoms with Gasteiger partial charge in [0.05, 0.1) is 11.7 Å². The molecule has 1 saturated heterocycles. The summed E-state index contributed by atoms with van der Waals surface area (Å²) in [5, 5.41) is 12.7. The molecule has 1 aromatic heterocycles. The monoisotopic (exact) mass is 360 g/mol. The van der Waals surface area contributed by atoms with Crippen molar-refractivity contribution in [3.63, 3.8) is 0 Å². The molecule has 1 unspecified atom stereocenters. The minimum absolute atomic E-state index is 0.0503. The van der Waals surface area contributed by atoms with Crippen molar-refractivity contribution in [2.24, 2.45) is 0 Å². The molecule has 3 rings (SSSR count). The fraction of sp³-hybridized carbons (Fsp3) is 0.643. The summed E-state index contributed by atoms with van der Waals surface area (Å²) < 4.78 is 32.4. The zero-order chi connectivity index (χ0) is 16.6. The third kappa shape index (κ3) is 3.16. The maximum absolute atomic E-state index is 12.9. The first kappa shape index (κ1) is 16.8. The van der Waals surface area contributed by atoms with Crippen molar-refractivity contribution in [2.75, 3.05) is 26.7 Å². The third-order valence-electron chi connectivity index (χ3n) is 4.24. The van der Waals surface area contributed by atoms with E-state index in [-0.39, 0.29) is 22.4 Å². The van der Waals surface area contributed by atoms with Crippen LogP contribution in [-0.2, 0) is 27.7 Å². The number of nitrogens with zero attached hydrogens (tertiary/aromatic N) is 1. The van der Waals surface area contributed by atoms with E-state index in [1.54, 1.807) is 0 Å². The van der Waals surface area contributed by atoms with Gasteiger partial charge >= 0.3 is 5.97 Å². The highest BCUT2D eigenvalue weighted by Crippen LogP contribution is 2.36. The van der Waals surface area contributed by atoms with Gasteiger partial charge in [0.2, 0.25) is 0 Å². The molecule has 0 amide bonds. The van der Waals surface area contributed by atoms with Crippen molar-refractivity contribution in [1.29, 1.82) is 0 Å². The van der Waals surface area contributed by atoms with Crippen LogP contribution in [0.15, 0.2) is 4.21 Å². The number of aromatic carboxylic acids is 1. The molecule has 2 aliphatic heterocycles. The highest BCUT2D eigenvalue weighted by molar-refractivity contribution is 7.91. The van der Waals surface area contributed by atoms with Crippen LogP contribution in [0.1, 0.15) is 33.6 Å². The average molecular weight is 360 g/mol. The number of hydrogen-bond acceptors (Lipinski definition) is 6. The highest BCUT2D eigenvalue weighted by Gasteiger charge is 2.35. The molecule has 1 aromatic rings. The van der Waals surface area contributed by atoms with E-state index in [0.29, 0.717) is 31.7 Å². The minimum Gasteiger partial charge on any atom is -0.478 e. The van der Waals surface area contributed by atoms with Gasteiger partial charge in [0.25, 0.3) is 10.0 Å². The number of sulfonamides is 1. The second kappa shape index (κ2) is 6.48. The molecule has 9 heteroatoms. The van der Waals surface area contributed by atoms with E-state index in [1.807, 2.05) is 0 Å². The molecule has 1 fully saturated rings. The molecule has 2 N–H and O–H groups in total. The molecule has 7 nitrogen and oxygen atoms in total. The summed E-state index contributed by atoms with van der Waals surface area (Å²) in [4.78, 5) is 12.5. The van der Waals surface area contributed by atoms with Crippen LogP contribution in [0.5, 0.6) is 0 Å². The number of carboxylic acids is 1. The van der Waals surface area contributed by atoms with Gasteiger partial charge in [-0.3, -0.25) is 0 Å². The lowest BCUT2D eigenvalue weighted by Gasteiger charge is -2.20. The van der Waals surface area contributed by atoms with Crippen LogP contribution < -0.4 is 5.32 Å². The molecular weight excluding hydrogens is 340 g/mol. The molecular formula is C14H20N2O5S2. The van der Waals surface area contributed by atoms with Gasteiger partial charge in [0.15, 0.2) is 0 Å². The predicted octanol–water partition coefficient (Wildman–Crippen LogP) is 0.892. The molecule has 3 heterocycles. The van der Waals surface area contributed by atoms with E-state index in [2.05, 4.69) is 5.32 Å². The molecule has 0 bridgehead atoms. The third-order valence-corrected chi connectivity index (χ3v) is 7.79. The standard InChI is InChI=1S/C14H20N2O5S2/c1-16(8-9-3-2-6-21-9)23(19,20)14-12(13(17)18)10-4-5-15-7-11(10)22-14/h9,15H,2-8H2,1H3,(H,17,18). The van der Waals surface area contributed by atoms with E-state index in [4.69, 9.17) is 4.74 Å². The van der Waals surface area contributed by atoms with Crippen LogP contribution in [0.4, 0.5) is 0 Å². The summed E-state index contributed by atoms with van der Waals surface area (Å²) in [7, 11) is -2.35. The fourth-order valence-corrected chi connectivity index (χ4v) is 6.28. The lowest BCUT2D eigenvalue weighted by Crippen LogP contribution is -2.34. The first-order valence-electron chi connectivity index (χ1n) is 7.57. The molecule has 0 saturated carbocycles. The summed E-state index contributed by atoms with van der Waals surface area (Å²) in [6.45, 7) is 2.08. The summed E-state index contributed by atoms with van der Waals surface area (Å²) in [6, 6.07) is 0. The molecule has 1 atom stereocenters. The van der Waals surface area contributed by atoms with Gasteiger partial charge in [0, 0.05) is 31.6 Å². The van der Waals surface area contributed by atoms with Crippen molar-refractivity contribution in [3.05, 3.63) is 16.0 Å². The SMILES string of the molecule is CN(CC1CCCO1)S(=O)(=O)c1sc2c(c1C(=O)O)CCNC2.